The summed E-state index contributed by atoms with van der Waals surface area (Å²) in [5.74, 6) is 1.34. The Kier molecular flexibility index (Phi) is 3.25. The number of fused-ring (bicyclic) bond motifs is 2. The number of benzene rings is 2. The van der Waals surface area contributed by atoms with Crippen molar-refractivity contribution < 1.29 is 9.15 Å². The minimum Gasteiger partial charge on any atom is -0.486 e. The molecule has 2 aromatic heterocycles. The molecule has 1 aliphatic carbocycles. The van der Waals surface area contributed by atoms with E-state index >= 15 is 0 Å². The first-order chi connectivity index (χ1) is 12.8. The van der Waals surface area contributed by atoms with Gasteiger partial charge in [0.15, 0.2) is 12.2 Å². The zero-order chi connectivity index (χ0) is 17.5. The van der Waals surface area contributed by atoms with Crippen LogP contribution in [0, 0.1) is 11.3 Å². The average molecular weight is 342 g/mol. The summed E-state index contributed by atoms with van der Waals surface area (Å²) in [4.78, 5) is 3.95. The molecule has 126 valence electrons. The van der Waals surface area contributed by atoms with Crippen LogP contribution in [-0.2, 0) is 6.42 Å². The lowest BCUT2D eigenvalue weighted by Crippen LogP contribution is -2.05. The van der Waals surface area contributed by atoms with Gasteiger partial charge in [0.1, 0.15) is 17.5 Å². The van der Waals surface area contributed by atoms with Crippen LogP contribution in [0.2, 0.25) is 0 Å². The van der Waals surface area contributed by atoms with Crippen molar-refractivity contribution in [2.45, 2.75) is 18.9 Å². The van der Waals surface area contributed by atoms with Crippen molar-refractivity contribution in [2.24, 2.45) is 0 Å². The van der Waals surface area contributed by atoms with Gasteiger partial charge in [-0.1, -0.05) is 12.1 Å². The standard InChI is InChI=1S/C20H14N4O2/c21-9-13-3-1-2-12-4-7-17(19(12)13)26-14-5-6-16-15(8-14)20(24-23-16)18-10-22-11-25-18/h1-3,5-6,8,10-11,17H,4,7H2,(H,23,24). The van der Waals surface area contributed by atoms with Gasteiger partial charge in [0, 0.05) is 10.9 Å². The van der Waals surface area contributed by atoms with E-state index in [0.29, 0.717) is 17.0 Å². The molecule has 1 N–H and O–H groups in total. The Morgan fingerprint density at radius 3 is 3.08 bits per heavy atom. The Bertz CT molecular complexity index is 1140. The van der Waals surface area contributed by atoms with Crippen LogP contribution < -0.4 is 4.74 Å². The Labute approximate surface area is 149 Å². The summed E-state index contributed by atoms with van der Waals surface area (Å²) in [5.41, 5.74) is 4.50. The fraction of sp³-hybridized carbons (Fsp3) is 0.150. The second-order valence-corrected chi connectivity index (χ2v) is 6.28. The van der Waals surface area contributed by atoms with Crippen molar-refractivity contribution in [3.05, 3.63) is 65.7 Å². The molecule has 4 aromatic rings. The maximum atomic E-state index is 9.41. The monoisotopic (exact) mass is 342 g/mol. The first kappa shape index (κ1) is 14.7. The van der Waals surface area contributed by atoms with Gasteiger partial charge in [-0.3, -0.25) is 5.10 Å². The Hall–Kier alpha value is -3.59. The third-order valence-corrected chi connectivity index (χ3v) is 4.79. The summed E-state index contributed by atoms with van der Waals surface area (Å²) in [7, 11) is 0. The number of H-pyrrole nitrogens is 1. The van der Waals surface area contributed by atoms with Crippen molar-refractivity contribution in [3.8, 4) is 23.3 Å². The molecule has 26 heavy (non-hydrogen) atoms. The maximum absolute atomic E-state index is 9.41. The van der Waals surface area contributed by atoms with Gasteiger partial charge in [0.05, 0.1) is 23.3 Å². The predicted molar refractivity (Wildman–Crippen MR) is 94.4 cm³/mol. The van der Waals surface area contributed by atoms with E-state index in [1.165, 1.54) is 12.0 Å². The molecule has 6 nitrogen and oxygen atoms in total. The minimum absolute atomic E-state index is 0.112. The lowest BCUT2D eigenvalue weighted by atomic mass is 10.0. The lowest BCUT2D eigenvalue weighted by molar-refractivity contribution is 0.207. The average Bonchev–Trinajstić information content (AvgIpc) is 3.40. The van der Waals surface area contributed by atoms with Crippen molar-refractivity contribution in [1.29, 1.82) is 5.26 Å². The van der Waals surface area contributed by atoms with E-state index in [0.717, 1.165) is 35.1 Å². The largest absolute Gasteiger partial charge is 0.486 e. The molecular weight excluding hydrogens is 328 g/mol. The van der Waals surface area contributed by atoms with Gasteiger partial charge in [-0.2, -0.15) is 10.4 Å². The van der Waals surface area contributed by atoms with Gasteiger partial charge in [0.25, 0.3) is 0 Å². The predicted octanol–water partition coefficient (Wildman–Crippen LogP) is 4.16. The van der Waals surface area contributed by atoms with E-state index in [4.69, 9.17) is 9.15 Å². The zero-order valence-corrected chi connectivity index (χ0v) is 13.8. The van der Waals surface area contributed by atoms with E-state index in [1.807, 2.05) is 30.3 Å². The summed E-state index contributed by atoms with van der Waals surface area (Å²) in [6.45, 7) is 0. The van der Waals surface area contributed by atoms with E-state index in [-0.39, 0.29) is 6.10 Å². The quantitative estimate of drug-likeness (QED) is 0.604. The highest BCUT2D eigenvalue weighted by molar-refractivity contribution is 5.92. The van der Waals surface area contributed by atoms with Crippen LogP contribution in [0.4, 0.5) is 0 Å². The van der Waals surface area contributed by atoms with Gasteiger partial charge in [-0.15, -0.1) is 0 Å². The molecule has 2 heterocycles. The van der Waals surface area contributed by atoms with Crippen molar-refractivity contribution >= 4 is 10.9 Å². The maximum Gasteiger partial charge on any atom is 0.181 e. The van der Waals surface area contributed by atoms with E-state index < -0.39 is 0 Å². The molecule has 0 bridgehead atoms. The third kappa shape index (κ3) is 2.25. The molecule has 5 rings (SSSR count). The number of oxazole rings is 1. The first-order valence-electron chi connectivity index (χ1n) is 8.39. The second kappa shape index (κ2) is 5.74. The SMILES string of the molecule is N#Cc1cccc2c1C(Oc1ccc3[nH]nc(-c4cnco4)c3c1)CC2. The second-order valence-electron chi connectivity index (χ2n) is 6.28. The number of hydrogen-bond acceptors (Lipinski definition) is 5. The van der Waals surface area contributed by atoms with Crippen molar-refractivity contribution in [2.75, 3.05) is 0 Å². The molecule has 0 spiro atoms. The summed E-state index contributed by atoms with van der Waals surface area (Å²) in [6.07, 6.45) is 4.70. The number of hydrogen-bond donors (Lipinski definition) is 1. The Balaban J connectivity index is 1.52. The molecule has 0 saturated carbocycles. The highest BCUT2D eigenvalue weighted by Gasteiger charge is 2.27. The molecular formula is C20H14N4O2. The molecule has 0 fully saturated rings. The summed E-state index contributed by atoms with van der Waals surface area (Å²) in [6, 6.07) is 13.9. The molecule has 2 aromatic carbocycles. The fourth-order valence-corrected chi connectivity index (χ4v) is 3.61. The van der Waals surface area contributed by atoms with Crippen LogP contribution in [0.25, 0.3) is 22.4 Å². The van der Waals surface area contributed by atoms with Crippen molar-refractivity contribution in [1.82, 2.24) is 15.2 Å². The smallest absolute Gasteiger partial charge is 0.181 e. The zero-order valence-electron chi connectivity index (χ0n) is 13.8. The van der Waals surface area contributed by atoms with Crippen LogP contribution in [0.15, 0.2) is 53.4 Å². The third-order valence-electron chi connectivity index (χ3n) is 4.79. The molecule has 0 aliphatic heterocycles. The molecule has 1 atom stereocenters. The molecule has 1 aliphatic rings. The molecule has 6 heteroatoms. The van der Waals surface area contributed by atoms with Crippen LogP contribution in [0.3, 0.4) is 0 Å². The highest BCUT2D eigenvalue weighted by atomic mass is 16.5. The van der Waals surface area contributed by atoms with Crippen LogP contribution in [0.1, 0.15) is 29.2 Å². The van der Waals surface area contributed by atoms with Crippen LogP contribution in [-0.4, -0.2) is 15.2 Å². The topological polar surface area (TPSA) is 87.7 Å². The molecule has 0 amide bonds. The molecule has 1 unspecified atom stereocenters. The highest BCUT2D eigenvalue weighted by Crippen LogP contribution is 2.38. The van der Waals surface area contributed by atoms with Gasteiger partial charge < -0.3 is 9.15 Å². The van der Waals surface area contributed by atoms with Gasteiger partial charge in [0.2, 0.25) is 0 Å². The number of nitrogens with one attached hydrogen (secondary N) is 1. The number of aryl methyl sites for hydroxylation is 1. The Morgan fingerprint density at radius 1 is 1.27 bits per heavy atom. The number of ether oxygens (including phenoxy) is 1. The van der Waals surface area contributed by atoms with Gasteiger partial charge in [-0.05, 0) is 42.7 Å². The number of aromatic nitrogens is 3. The van der Waals surface area contributed by atoms with Crippen LogP contribution >= 0.6 is 0 Å². The van der Waals surface area contributed by atoms with Crippen LogP contribution in [0.5, 0.6) is 5.75 Å². The summed E-state index contributed by atoms with van der Waals surface area (Å²) >= 11 is 0. The van der Waals surface area contributed by atoms with E-state index in [9.17, 15) is 5.26 Å². The number of aromatic amines is 1. The minimum atomic E-state index is -0.112. The number of nitriles is 1. The number of nitrogens with zero attached hydrogens (tertiary/aromatic N) is 3. The first-order valence-corrected chi connectivity index (χ1v) is 8.39. The van der Waals surface area contributed by atoms with Gasteiger partial charge >= 0.3 is 0 Å². The lowest BCUT2D eigenvalue weighted by Gasteiger charge is -2.16. The Morgan fingerprint density at radius 2 is 2.23 bits per heavy atom. The fourth-order valence-electron chi connectivity index (χ4n) is 3.61. The summed E-state index contributed by atoms with van der Waals surface area (Å²) < 4.78 is 11.6. The van der Waals surface area contributed by atoms with Gasteiger partial charge in [-0.25, -0.2) is 4.98 Å². The summed E-state index contributed by atoms with van der Waals surface area (Å²) in [5, 5.41) is 17.6. The van der Waals surface area contributed by atoms with E-state index in [2.05, 4.69) is 27.3 Å². The van der Waals surface area contributed by atoms with E-state index in [1.54, 1.807) is 6.20 Å². The molecule has 0 saturated heterocycles. The van der Waals surface area contributed by atoms with Crippen molar-refractivity contribution in [3.63, 3.8) is 0 Å². The normalized spacial score (nSPS) is 15.7. The molecule has 0 radical (unpaired) electrons. The number of rotatable bonds is 3.